The summed E-state index contributed by atoms with van der Waals surface area (Å²) in [5.74, 6) is -1.68. The minimum absolute atomic E-state index is 0.105. The van der Waals surface area contributed by atoms with Crippen molar-refractivity contribution >= 4 is 42.3 Å². The lowest BCUT2D eigenvalue weighted by molar-refractivity contribution is -0.157. The van der Waals surface area contributed by atoms with E-state index < -0.39 is 23.8 Å². The molecule has 0 saturated carbocycles. The van der Waals surface area contributed by atoms with Crippen molar-refractivity contribution < 1.29 is 29.0 Å². The van der Waals surface area contributed by atoms with E-state index in [-0.39, 0.29) is 25.6 Å². The van der Waals surface area contributed by atoms with Crippen molar-refractivity contribution in [2.24, 2.45) is 11.8 Å². The summed E-state index contributed by atoms with van der Waals surface area (Å²) >= 11 is 5.80. The number of hydrogen-bond donors (Lipinski definition) is 2. The molecule has 0 aliphatic heterocycles. The standard InChI is InChI=1S/C16H24O6S2/c1-4-15(19)21-5-6-22-16(20)13(7-14(17)18)12(8-23)10-24-9-11(2)3/h4,12-13,23H,1-2,5-10H2,3H3,(H,17,18). The first-order chi connectivity index (χ1) is 11.3. The number of thiol groups is 1. The summed E-state index contributed by atoms with van der Waals surface area (Å²) in [6, 6.07) is 0. The predicted molar refractivity (Wildman–Crippen MR) is 97.3 cm³/mol. The van der Waals surface area contributed by atoms with Gasteiger partial charge < -0.3 is 14.6 Å². The van der Waals surface area contributed by atoms with Gasteiger partial charge in [0.15, 0.2) is 0 Å². The van der Waals surface area contributed by atoms with Gasteiger partial charge >= 0.3 is 17.9 Å². The fourth-order valence-corrected chi connectivity index (χ4v) is 3.44. The molecule has 1 N–H and O–H groups in total. The molecule has 0 aliphatic rings. The first-order valence-electron chi connectivity index (χ1n) is 7.32. The second kappa shape index (κ2) is 12.9. The molecule has 0 aliphatic carbocycles. The Morgan fingerprint density at radius 1 is 1.29 bits per heavy atom. The highest BCUT2D eigenvalue weighted by Crippen LogP contribution is 2.24. The third kappa shape index (κ3) is 10.4. The number of esters is 2. The van der Waals surface area contributed by atoms with E-state index in [9.17, 15) is 14.4 Å². The minimum atomic E-state index is -1.08. The average molecular weight is 376 g/mol. The van der Waals surface area contributed by atoms with Gasteiger partial charge in [-0.05, 0) is 24.3 Å². The number of carboxylic acid groups (broad SMARTS) is 1. The Hall–Kier alpha value is -1.41. The van der Waals surface area contributed by atoms with Crippen LogP contribution >= 0.6 is 24.4 Å². The molecule has 0 spiro atoms. The lowest BCUT2D eigenvalue weighted by atomic mass is 9.92. The normalized spacial score (nSPS) is 12.8. The molecule has 0 fully saturated rings. The molecular formula is C16H24O6S2. The average Bonchev–Trinajstić information content (AvgIpc) is 2.52. The Balaban J connectivity index is 4.60. The van der Waals surface area contributed by atoms with Crippen molar-refractivity contribution in [3.63, 3.8) is 0 Å². The van der Waals surface area contributed by atoms with Crippen LogP contribution < -0.4 is 0 Å². The van der Waals surface area contributed by atoms with Crippen molar-refractivity contribution in [1.82, 2.24) is 0 Å². The number of carboxylic acids is 1. The van der Waals surface area contributed by atoms with Gasteiger partial charge in [-0.1, -0.05) is 18.7 Å². The number of thioether (sulfide) groups is 1. The van der Waals surface area contributed by atoms with Crippen LogP contribution in [-0.4, -0.2) is 53.5 Å². The predicted octanol–water partition coefficient (Wildman–Crippen LogP) is 2.21. The first-order valence-corrected chi connectivity index (χ1v) is 9.11. The van der Waals surface area contributed by atoms with Gasteiger partial charge in [-0.15, -0.1) is 0 Å². The number of carbonyl (C=O) groups excluding carboxylic acids is 2. The highest BCUT2D eigenvalue weighted by molar-refractivity contribution is 7.99. The molecule has 136 valence electrons. The maximum atomic E-state index is 12.2. The van der Waals surface area contributed by atoms with Crippen molar-refractivity contribution in [1.29, 1.82) is 0 Å². The van der Waals surface area contributed by atoms with Gasteiger partial charge in [0.1, 0.15) is 13.2 Å². The lowest BCUT2D eigenvalue weighted by Gasteiger charge is -2.23. The fraction of sp³-hybridized carbons (Fsp3) is 0.562. The van der Waals surface area contributed by atoms with E-state index in [2.05, 4.69) is 25.8 Å². The maximum absolute atomic E-state index is 12.2. The van der Waals surface area contributed by atoms with E-state index in [4.69, 9.17) is 14.6 Å². The van der Waals surface area contributed by atoms with Gasteiger partial charge in [0.2, 0.25) is 0 Å². The van der Waals surface area contributed by atoms with E-state index in [0.717, 1.165) is 17.4 Å². The van der Waals surface area contributed by atoms with Crippen LogP contribution in [0.15, 0.2) is 24.8 Å². The van der Waals surface area contributed by atoms with Crippen LogP contribution in [0, 0.1) is 11.8 Å². The van der Waals surface area contributed by atoms with Gasteiger partial charge in [0.05, 0.1) is 12.3 Å². The van der Waals surface area contributed by atoms with E-state index in [1.165, 1.54) is 0 Å². The van der Waals surface area contributed by atoms with Crippen LogP contribution in [-0.2, 0) is 23.9 Å². The lowest BCUT2D eigenvalue weighted by Crippen LogP contribution is -2.31. The second-order valence-corrected chi connectivity index (χ2v) is 6.55. The van der Waals surface area contributed by atoms with E-state index in [1.54, 1.807) is 11.8 Å². The highest BCUT2D eigenvalue weighted by atomic mass is 32.2. The van der Waals surface area contributed by atoms with Gasteiger partial charge in [-0.3, -0.25) is 9.59 Å². The Bertz CT molecular complexity index is 463. The Kier molecular flexibility index (Phi) is 12.2. The topological polar surface area (TPSA) is 89.9 Å². The Labute approximate surface area is 152 Å². The summed E-state index contributed by atoms with van der Waals surface area (Å²) in [5.41, 5.74) is 0.999. The monoisotopic (exact) mass is 376 g/mol. The zero-order valence-corrected chi connectivity index (χ0v) is 15.4. The van der Waals surface area contributed by atoms with Crippen LogP contribution in [0.2, 0.25) is 0 Å². The summed E-state index contributed by atoms with van der Waals surface area (Å²) in [5, 5.41) is 9.03. The fourth-order valence-electron chi connectivity index (χ4n) is 1.76. The van der Waals surface area contributed by atoms with Gasteiger partial charge in [-0.25, -0.2) is 4.79 Å². The quantitative estimate of drug-likeness (QED) is 0.167. The molecule has 0 bridgehead atoms. The third-order valence-electron chi connectivity index (χ3n) is 2.92. The van der Waals surface area contributed by atoms with Crippen LogP contribution in [0.25, 0.3) is 0 Å². The molecular weight excluding hydrogens is 352 g/mol. The molecule has 8 heteroatoms. The first kappa shape index (κ1) is 22.6. The maximum Gasteiger partial charge on any atom is 0.330 e. The summed E-state index contributed by atoms with van der Waals surface area (Å²) in [4.78, 5) is 34.1. The molecule has 24 heavy (non-hydrogen) atoms. The van der Waals surface area contributed by atoms with Crippen LogP contribution in [0.1, 0.15) is 13.3 Å². The van der Waals surface area contributed by atoms with Crippen molar-refractivity contribution in [2.75, 3.05) is 30.5 Å². The van der Waals surface area contributed by atoms with E-state index in [1.807, 2.05) is 6.92 Å². The number of hydrogen-bond acceptors (Lipinski definition) is 7. The smallest absolute Gasteiger partial charge is 0.330 e. The van der Waals surface area contributed by atoms with Crippen molar-refractivity contribution in [3.05, 3.63) is 24.8 Å². The molecule has 0 rings (SSSR count). The summed E-state index contributed by atoms with van der Waals surface area (Å²) in [6.45, 7) is 8.71. The molecule has 0 aromatic heterocycles. The molecule has 0 saturated heterocycles. The number of rotatable bonds is 13. The molecule has 6 nitrogen and oxygen atoms in total. The summed E-state index contributed by atoms with van der Waals surface area (Å²) < 4.78 is 9.74. The molecule has 2 unspecified atom stereocenters. The van der Waals surface area contributed by atoms with Crippen LogP contribution in [0.4, 0.5) is 0 Å². The SMILES string of the molecule is C=CC(=O)OCCOC(=O)C(CC(=O)O)C(CS)CSCC(=C)C. The number of carbonyl (C=O) groups is 3. The molecule has 2 atom stereocenters. The van der Waals surface area contributed by atoms with Crippen LogP contribution in [0.3, 0.4) is 0 Å². The summed E-state index contributed by atoms with van der Waals surface area (Å²) in [7, 11) is 0. The van der Waals surface area contributed by atoms with E-state index >= 15 is 0 Å². The molecule has 0 heterocycles. The van der Waals surface area contributed by atoms with Gasteiger partial charge in [0.25, 0.3) is 0 Å². The largest absolute Gasteiger partial charge is 0.481 e. The summed E-state index contributed by atoms with van der Waals surface area (Å²) in [6.07, 6.45) is 0.676. The highest BCUT2D eigenvalue weighted by Gasteiger charge is 2.31. The molecule has 0 radical (unpaired) electrons. The van der Waals surface area contributed by atoms with E-state index in [0.29, 0.717) is 11.5 Å². The second-order valence-electron chi connectivity index (χ2n) is 5.16. The number of aliphatic carboxylic acids is 1. The molecule has 0 amide bonds. The zero-order valence-electron chi connectivity index (χ0n) is 13.7. The number of ether oxygens (including phenoxy) is 2. The van der Waals surface area contributed by atoms with Crippen LogP contribution in [0.5, 0.6) is 0 Å². The zero-order chi connectivity index (χ0) is 18.5. The molecule has 0 aromatic rings. The molecule has 0 aromatic carbocycles. The Morgan fingerprint density at radius 3 is 2.42 bits per heavy atom. The minimum Gasteiger partial charge on any atom is -0.481 e. The third-order valence-corrected chi connectivity index (χ3v) is 4.75. The van der Waals surface area contributed by atoms with Crippen molar-refractivity contribution in [3.8, 4) is 0 Å². The Morgan fingerprint density at radius 2 is 1.92 bits per heavy atom. The van der Waals surface area contributed by atoms with Crippen molar-refractivity contribution in [2.45, 2.75) is 13.3 Å². The van der Waals surface area contributed by atoms with Gasteiger partial charge in [0, 0.05) is 11.8 Å². The van der Waals surface area contributed by atoms with Gasteiger partial charge in [-0.2, -0.15) is 24.4 Å².